The van der Waals surface area contributed by atoms with Gasteiger partial charge in [-0.25, -0.2) is 0 Å². The van der Waals surface area contributed by atoms with Crippen molar-refractivity contribution in [2.24, 2.45) is 0 Å². The van der Waals surface area contributed by atoms with Crippen LogP contribution in [0.2, 0.25) is 0 Å². The van der Waals surface area contributed by atoms with Gasteiger partial charge in [0.25, 0.3) is 0 Å². The normalized spacial score (nSPS) is 14.1. The third-order valence-electron chi connectivity index (χ3n) is 2.69. The molecule has 100 valence electrons. The summed E-state index contributed by atoms with van der Waals surface area (Å²) in [7, 11) is 0.644. The zero-order valence-electron chi connectivity index (χ0n) is 10.6. The fraction of sp³-hybridized carbons (Fsp3) is 0.462. The Morgan fingerprint density at radius 2 is 2.00 bits per heavy atom. The van der Waals surface area contributed by atoms with E-state index < -0.39 is 22.7 Å². The third-order valence-corrected chi connectivity index (χ3v) is 3.97. The standard InChI is InChI=1S/C13H18O4S/c1-10(13(14)15)12-5-3-11(4-6-12)9-18(16)8-7-17-2/h3-6,10H,7-9H2,1-2H3,(H,14,15). The molecular weight excluding hydrogens is 252 g/mol. The van der Waals surface area contributed by atoms with E-state index in [1.165, 1.54) is 0 Å². The van der Waals surface area contributed by atoms with Gasteiger partial charge in [-0.2, -0.15) is 0 Å². The molecule has 0 saturated heterocycles. The lowest BCUT2D eigenvalue weighted by molar-refractivity contribution is -0.138. The molecule has 0 aliphatic carbocycles. The first-order valence-corrected chi connectivity index (χ1v) is 7.19. The first kappa shape index (κ1) is 14.9. The summed E-state index contributed by atoms with van der Waals surface area (Å²) >= 11 is 0. The van der Waals surface area contributed by atoms with Crippen molar-refractivity contribution in [2.75, 3.05) is 19.5 Å². The predicted molar refractivity (Wildman–Crippen MR) is 71.1 cm³/mol. The molecule has 0 aliphatic heterocycles. The molecule has 1 N–H and O–H groups in total. The average Bonchev–Trinajstić information content (AvgIpc) is 2.36. The predicted octanol–water partition coefficient (Wildman–Crippen LogP) is 1.77. The number of carboxylic acids is 1. The van der Waals surface area contributed by atoms with Crippen molar-refractivity contribution in [1.29, 1.82) is 0 Å². The zero-order chi connectivity index (χ0) is 13.5. The van der Waals surface area contributed by atoms with E-state index in [0.717, 1.165) is 11.1 Å². The van der Waals surface area contributed by atoms with Gasteiger partial charge in [-0.15, -0.1) is 0 Å². The van der Waals surface area contributed by atoms with Crippen molar-refractivity contribution in [1.82, 2.24) is 0 Å². The Morgan fingerprint density at radius 3 is 2.50 bits per heavy atom. The maximum Gasteiger partial charge on any atom is 0.310 e. The molecule has 2 unspecified atom stereocenters. The molecule has 0 saturated carbocycles. The van der Waals surface area contributed by atoms with Crippen LogP contribution in [0.25, 0.3) is 0 Å². The van der Waals surface area contributed by atoms with Crippen molar-refractivity contribution in [2.45, 2.75) is 18.6 Å². The number of hydrogen-bond donors (Lipinski definition) is 1. The van der Waals surface area contributed by atoms with Gasteiger partial charge >= 0.3 is 5.97 Å². The van der Waals surface area contributed by atoms with Crippen molar-refractivity contribution < 1.29 is 18.8 Å². The van der Waals surface area contributed by atoms with Gasteiger partial charge in [0.15, 0.2) is 0 Å². The highest BCUT2D eigenvalue weighted by Gasteiger charge is 2.13. The number of methoxy groups -OCH3 is 1. The molecule has 0 aromatic heterocycles. The minimum atomic E-state index is -0.938. The van der Waals surface area contributed by atoms with E-state index in [9.17, 15) is 9.00 Å². The highest BCUT2D eigenvalue weighted by Crippen LogP contribution is 2.16. The average molecular weight is 270 g/mol. The minimum Gasteiger partial charge on any atom is -0.481 e. The fourth-order valence-corrected chi connectivity index (χ4v) is 2.54. The molecule has 0 spiro atoms. The van der Waals surface area contributed by atoms with E-state index in [0.29, 0.717) is 18.1 Å². The van der Waals surface area contributed by atoms with E-state index in [1.807, 2.05) is 12.1 Å². The molecule has 5 heteroatoms. The summed E-state index contributed by atoms with van der Waals surface area (Å²) in [5.41, 5.74) is 1.71. The molecule has 18 heavy (non-hydrogen) atoms. The lowest BCUT2D eigenvalue weighted by atomic mass is 10.0. The largest absolute Gasteiger partial charge is 0.481 e. The van der Waals surface area contributed by atoms with Crippen molar-refractivity contribution in [3.05, 3.63) is 35.4 Å². The van der Waals surface area contributed by atoms with Crippen LogP contribution in [0.5, 0.6) is 0 Å². The Labute approximate surface area is 109 Å². The van der Waals surface area contributed by atoms with Gasteiger partial charge < -0.3 is 9.84 Å². The van der Waals surface area contributed by atoms with Gasteiger partial charge in [0.2, 0.25) is 0 Å². The van der Waals surface area contributed by atoms with Crippen LogP contribution in [0.4, 0.5) is 0 Å². The Balaban J connectivity index is 2.60. The van der Waals surface area contributed by atoms with Crippen LogP contribution in [-0.4, -0.2) is 34.8 Å². The van der Waals surface area contributed by atoms with E-state index in [2.05, 4.69) is 0 Å². The maximum absolute atomic E-state index is 11.6. The number of hydrogen-bond acceptors (Lipinski definition) is 3. The van der Waals surface area contributed by atoms with Gasteiger partial charge in [0.05, 0.1) is 12.5 Å². The molecular formula is C13H18O4S. The maximum atomic E-state index is 11.6. The lowest BCUT2D eigenvalue weighted by Gasteiger charge is -2.07. The number of rotatable bonds is 7. The van der Waals surface area contributed by atoms with Crippen LogP contribution in [0.15, 0.2) is 24.3 Å². The van der Waals surface area contributed by atoms with Crippen molar-refractivity contribution in [3.8, 4) is 0 Å². The molecule has 1 aromatic carbocycles. The van der Waals surface area contributed by atoms with Gasteiger partial charge in [0, 0.05) is 29.4 Å². The first-order chi connectivity index (χ1) is 8.54. The fourth-order valence-electron chi connectivity index (χ4n) is 1.48. The van der Waals surface area contributed by atoms with Crippen LogP contribution in [0.3, 0.4) is 0 Å². The molecule has 0 bridgehead atoms. The highest BCUT2D eigenvalue weighted by molar-refractivity contribution is 7.84. The smallest absolute Gasteiger partial charge is 0.310 e. The summed E-state index contributed by atoms with van der Waals surface area (Å²) in [6.45, 7) is 2.13. The number of ether oxygens (including phenoxy) is 1. The second-order valence-electron chi connectivity index (χ2n) is 4.08. The zero-order valence-corrected chi connectivity index (χ0v) is 11.4. The molecule has 0 aliphatic rings. The van der Waals surface area contributed by atoms with E-state index in [4.69, 9.17) is 9.84 Å². The second kappa shape index (κ2) is 7.28. The Morgan fingerprint density at radius 1 is 1.39 bits per heavy atom. The van der Waals surface area contributed by atoms with Gasteiger partial charge in [-0.3, -0.25) is 9.00 Å². The van der Waals surface area contributed by atoms with Crippen LogP contribution in [-0.2, 0) is 26.1 Å². The number of benzene rings is 1. The Hall–Kier alpha value is -1.20. The van der Waals surface area contributed by atoms with Crippen LogP contribution in [0, 0.1) is 0 Å². The van der Waals surface area contributed by atoms with E-state index >= 15 is 0 Å². The first-order valence-electron chi connectivity index (χ1n) is 5.70. The highest BCUT2D eigenvalue weighted by atomic mass is 32.2. The molecule has 0 radical (unpaired) electrons. The lowest BCUT2D eigenvalue weighted by Crippen LogP contribution is -2.08. The van der Waals surface area contributed by atoms with Gasteiger partial charge in [0.1, 0.15) is 0 Å². The summed E-state index contributed by atoms with van der Waals surface area (Å²) in [5.74, 6) is -0.362. The van der Waals surface area contributed by atoms with E-state index in [-0.39, 0.29) is 0 Å². The molecule has 4 nitrogen and oxygen atoms in total. The molecule has 2 atom stereocenters. The SMILES string of the molecule is COCCS(=O)Cc1ccc(C(C)C(=O)O)cc1. The molecule has 0 amide bonds. The van der Waals surface area contributed by atoms with Crippen molar-refractivity contribution >= 4 is 16.8 Å². The molecule has 1 aromatic rings. The van der Waals surface area contributed by atoms with Crippen LogP contribution >= 0.6 is 0 Å². The second-order valence-corrected chi connectivity index (χ2v) is 5.66. The number of carbonyl (C=O) groups is 1. The summed E-state index contributed by atoms with van der Waals surface area (Å²) in [6, 6.07) is 7.22. The molecule has 1 rings (SSSR count). The molecule has 0 heterocycles. The van der Waals surface area contributed by atoms with Crippen LogP contribution < -0.4 is 0 Å². The minimum absolute atomic E-state index is 0.477. The topological polar surface area (TPSA) is 63.6 Å². The molecule has 0 fully saturated rings. The van der Waals surface area contributed by atoms with Crippen LogP contribution in [0.1, 0.15) is 24.0 Å². The summed E-state index contributed by atoms with van der Waals surface area (Å²) in [6.07, 6.45) is 0. The summed E-state index contributed by atoms with van der Waals surface area (Å²) in [5, 5.41) is 8.88. The third kappa shape index (κ3) is 4.58. The van der Waals surface area contributed by atoms with Gasteiger partial charge in [-0.05, 0) is 18.1 Å². The Kier molecular flexibility index (Phi) is 6.01. The van der Waals surface area contributed by atoms with E-state index in [1.54, 1.807) is 26.2 Å². The van der Waals surface area contributed by atoms with Gasteiger partial charge in [-0.1, -0.05) is 24.3 Å². The Bertz CT molecular complexity index is 414. The summed E-state index contributed by atoms with van der Waals surface area (Å²) in [4.78, 5) is 10.8. The number of aliphatic carboxylic acids is 1. The van der Waals surface area contributed by atoms with Crippen molar-refractivity contribution in [3.63, 3.8) is 0 Å². The monoisotopic (exact) mass is 270 g/mol. The quantitative estimate of drug-likeness (QED) is 0.820. The number of carboxylic acid groups (broad SMARTS) is 1. The summed E-state index contributed by atoms with van der Waals surface area (Å²) < 4.78 is 16.5.